The fourth-order valence-corrected chi connectivity index (χ4v) is 3.82. The van der Waals surface area contributed by atoms with E-state index in [0.717, 1.165) is 15.6 Å². The lowest BCUT2D eigenvalue weighted by molar-refractivity contribution is 0.0473. The van der Waals surface area contributed by atoms with E-state index in [1.807, 2.05) is 42.5 Å². The van der Waals surface area contributed by atoms with Crippen LogP contribution >= 0.6 is 22.6 Å². The van der Waals surface area contributed by atoms with E-state index in [1.54, 1.807) is 12.1 Å². The fourth-order valence-electron chi connectivity index (χ4n) is 3.22. The Morgan fingerprint density at radius 3 is 2.46 bits per heavy atom. The second kappa shape index (κ2) is 7.03. The van der Waals surface area contributed by atoms with E-state index in [2.05, 4.69) is 34.7 Å². The predicted molar refractivity (Wildman–Crippen MR) is 108 cm³/mol. The molecule has 0 aromatic heterocycles. The molecule has 0 atom stereocenters. The number of ether oxygens (including phenoxy) is 1. The smallest absolute Gasteiger partial charge is 0.339 e. The maximum Gasteiger partial charge on any atom is 0.339 e. The normalized spacial score (nSPS) is 11.6. The van der Waals surface area contributed by atoms with Gasteiger partial charge in [0.15, 0.2) is 12.4 Å². The van der Waals surface area contributed by atoms with Gasteiger partial charge >= 0.3 is 5.97 Å². The summed E-state index contributed by atoms with van der Waals surface area (Å²) in [6, 6.07) is 21.1. The highest BCUT2D eigenvalue weighted by molar-refractivity contribution is 14.1. The van der Waals surface area contributed by atoms with Crippen molar-refractivity contribution in [2.45, 2.75) is 6.42 Å². The van der Waals surface area contributed by atoms with E-state index < -0.39 is 5.97 Å². The lowest BCUT2D eigenvalue weighted by Gasteiger charge is -2.07. The summed E-state index contributed by atoms with van der Waals surface area (Å²) >= 11 is 2.08. The molecule has 0 fully saturated rings. The van der Waals surface area contributed by atoms with E-state index in [-0.39, 0.29) is 12.4 Å². The lowest BCUT2D eigenvalue weighted by Crippen LogP contribution is -2.15. The standard InChI is InChI=1S/C22H15IO3/c23-20-8-4-3-7-18(20)22(25)26-13-21(24)16-10-9-15-11-14-5-1-2-6-17(14)19(15)12-16/h1-10,12H,11,13H2. The van der Waals surface area contributed by atoms with Gasteiger partial charge in [0, 0.05) is 9.13 Å². The van der Waals surface area contributed by atoms with Gasteiger partial charge in [-0.3, -0.25) is 4.79 Å². The number of halogens is 1. The third-order valence-electron chi connectivity index (χ3n) is 4.55. The van der Waals surface area contributed by atoms with Gasteiger partial charge in [-0.2, -0.15) is 0 Å². The summed E-state index contributed by atoms with van der Waals surface area (Å²) in [5.74, 6) is -0.675. The minimum absolute atomic E-state index is 0.198. The monoisotopic (exact) mass is 454 g/mol. The van der Waals surface area contributed by atoms with Crippen molar-refractivity contribution in [3.63, 3.8) is 0 Å². The Bertz CT molecular complexity index is 1020. The van der Waals surface area contributed by atoms with Crippen LogP contribution in [-0.2, 0) is 11.2 Å². The van der Waals surface area contributed by atoms with Gasteiger partial charge in [-0.25, -0.2) is 4.79 Å². The molecule has 128 valence electrons. The second-order valence-corrected chi connectivity index (χ2v) is 7.35. The first-order chi connectivity index (χ1) is 12.6. The molecule has 0 unspecified atom stereocenters. The van der Waals surface area contributed by atoms with E-state index >= 15 is 0 Å². The van der Waals surface area contributed by atoms with Crippen LogP contribution in [0.25, 0.3) is 11.1 Å². The average Bonchev–Trinajstić information content (AvgIpc) is 3.04. The largest absolute Gasteiger partial charge is 0.454 e. The van der Waals surface area contributed by atoms with Gasteiger partial charge in [0.25, 0.3) is 0 Å². The van der Waals surface area contributed by atoms with Gasteiger partial charge < -0.3 is 4.74 Å². The molecule has 0 bridgehead atoms. The number of esters is 1. The van der Waals surface area contributed by atoms with Crippen LogP contribution in [0.2, 0.25) is 0 Å². The summed E-state index contributed by atoms with van der Waals surface area (Å²) in [6.45, 7) is -0.260. The molecule has 0 amide bonds. The zero-order valence-corrected chi connectivity index (χ0v) is 16.0. The van der Waals surface area contributed by atoms with Crippen LogP contribution in [0, 0.1) is 3.57 Å². The summed E-state index contributed by atoms with van der Waals surface area (Å²) in [5, 5.41) is 0. The quantitative estimate of drug-likeness (QED) is 0.250. The number of carbonyl (C=O) groups is 2. The number of hydrogen-bond acceptors (Lipinski definition) is 3. The Hall–Kier alpha value is -2.47. The van der Waals surface area contributed by atoms with Crippen molar-refractivity contribution >= 4 is 34.3 Å². The molecule has 26 heavy (non-hydrogen) atoms. The summed E-state index contributed by atoms with van der Waals surface area (Å²) in [5.41, 5.74) is 5.80. The van der Waals surface area contributed by atoms with Crippen molar-refractivity contribution < 1.29 is 14.3 Å². The number of rotatable bonds is 4. The maximum atomic E-state index is 12.5. The molecule has 0 saturated heterocycles. The minimum atomic E-state index is -0.477. The van der Waals surface area contributed by atoms with Gasteiger partial charge in [-0.05, 0) is 69.5 Å². The molecule has 4 rings (SSSR count). The van der Waals surface area contributed by atoms with Crippen molar-refractivity contribution in [2.75, 3.05) is 6.61 Å². The molecule has 0 spiro atoms. The van der Waals surface area contributed by atoms with Crippen molar-refractivity contribution in [1.29, 1.82) is 0 Å². The number of ketones is 1. The van der Waals surface area contributed by atoms with E-state index in [0.29, 0.717) is 11.1 Å². The van der Waals surface area contributed by atoms with Crippen molar-refractivity contribution in [1.82, 2.24) is 0 Å². The topological polar surface area (TPSA) is 43.4 Å². The van der Waals surface area contributed by atoms with Crippen LogP contribution in [0.1, 0.15) is 31.8 Å². The van der Waals surface area contributed by atoms with Crippen LogP contribution < -0.4 is 0 Å². The number of benzene rings is 3. The SMILES string of the molecule is O=C(COC(=O)c1ccccc1I)c1ccc2c(c1)-c1ccccc1C2. The van der Waals surface area contributed by atoms with E-state index in [9.17, 15) is 9.59 Å². The van der Waals surface area contributed by atoms with Crippen LogP contribution in [0.5, 0.6) is 0 Å². The highest BCUT2D eigenvalue weighted by Gasteiger charge is 2.20. The van der Waals surface area contributed by atoms with Gasteiger partial charge in [-0.1, -0.05) is 48.5 Å². The molecule has 0 N–H and O–H groups in total. The van der Waals surface area contributed by atoms with E-state index in [4.69, 9.17) is 4.74 Å². The summed E-state index contributed by atoms with van der Waals surface area (Å²) < 4.78 is 6.02. The molecule has 1 aliphatic carbocycles. The van der Waals surface area contributed by atoms with Crippen molar-refractivity contribution in [3.05, 3.63) is 92.6 Å². The Morgan fingerprint density at radius 1 is 0.885 bits per heavy atom. The highest BCUT2D eigenvalue weighted by Crippen LogP contribution is 2.36. The molecular formula is C22H15IO3. The first-order valence-corrected chi connectivity index (χ1v) is 9.37. The molecule has 4 heteroatoms. The zero-order chi connectivity index (χ0) is 18.1. The molecule has 1 aliphatic rings. The second-order valence-electron chi connectivity index (χ2n) is 6.19. The van der Waals surface area contributed by atoms with Gasteiger partial charge in [-0.15, -0.1) is 0 Å². The first kappa shape index (κ1) is 17.0. The van der Waals surface area contributed by atoms with Gasteiger partial charge in [0.1, 0.15) is 0 Å². The summed E-state index contributed by atoms with van der Waals surface area (Å²) in [6.07, 6.45) is 0.890. The average molecular weight is 454 g/mol. The molecule has 0 heterocycles. The van der Waals surface area contributed by atoms with Gasteiger partial charge in [0.2, 0.25) is 0 Å². The van der Waals surface area contributed by atoms with Gasteiger partial charge in [0.05, 0.1) is 5.56 Å². The van der Waals surface area contributed by atoms with E-state index in [1.165, 1.54) is 16.7 Å². The van der Waals surface area contributed by atoms with Crippen LogP contribution in [0.4, 0.5) is 0 Å². The molecular weight excluding hydrogens is 439 g/mol. The molecule has 3 aromatic rings. The third-order valence-corrected chi connectivity index (χ3v) is 5.49. The molecule has 0 radical (unpaired) electrons. The molecule has 3 aromatic carbocycles. The van der Waals surface area contributed by atoms with Crippen molar-refractivity contribution in [2.24, 2.45) is 0 Å². The molecule has 3 nitrogen and oxygen atoms in total. The number of hydrogen-bond donors (Lipinski definition) is 0. The maximum absolute atomic E-state index is 12.5. The highest BCUT2D eigenvalue weighted by atomic mass is 127. The van der Waals surface area contributed by atoms with Crippen LogP contribution in [0.3, 0.4) is 0 Å². The van der Waals surface area contributed by atoms with Crippen LogP contribution in [0.15, 0.2) is 66.7 Å². The summed E-state index contributed by atoms with van der Waals surface area (Å²) in [4.78, 5) is 24.7. The molecule has 0 aliphatic heterocycles. The molecule has 0 saturated carbocycles. The number of fused-ring (bicyclic) bond motifs is 3. The first-order valence-electron chi connectivity index (χ1n) is 8.29. The Labute approximate surface area is 165 Å². The lowest BCUT2D eigenvalue weighted by atomic mass is 10.0. The summed E-state index contributed by atoms with van der Waals surface area (Å²) in [7, 11) is 0. The predicted octanol–water partition coefficient (Wildman–Crippen LogP) is 4.90. The number of Topliss-reactive ketones (excluding diaryl/α,β-unsaturated/α-hetero) is 1. The van der Waals surface area contributed by atoms with Crippen molar-refractivity contribution in [3.8, 4) is 11.1 Å². The minimum Gasteiger partial charge on any atom is -0.454 e. The fraction of sp³-hybridized carbons (Fsp3) is 0.0909. The Kier molecular flexibility index (Phi) is 4.59. The Morgan fingerprint density at radius 2 is 1.62 bits per heavy atom. The zero-order valence-electron chi connectivity index (χ0n) is 13.9. The number of carbonyl (C=O) groups excluding carboxylic acids is 2. The Balaban J connectivity index is 1.50. The third kappa shape index (κ3) is 3.17. The van der Waals surface area contributed by atoms with Crippen LogP contribution in [-0.4, -0.2) is 18.4 Å².